The highest BCUT2D eigenvalue weighted by Crippen LogP contribution is 2.65. The third-order valence-corrected chi connectivity index (χ3v) is 13.8. The zero-order valence-corrected chi connectivity index (χ0v) is 30.2. The lowest BCUT2D eigenvalue weighted by Gasteiger charge is -2.52. The van der Waals surface area contributed by atoms with E-state index >= 15 is 0 Å². The van der Waals surface area contributed by atoms with Crippen LogP contribution in [0.15, 0.2) is 39.8 Å². The largest absolute Gasteiger partial charge is 0.394 e. The number of aryl methyl sites for hydroxylation is 1. The van der Waals surface area contributed by atoms with Gasteiger partial charge in [-0.15, -0.1) is 23.5 Å². The number of Topliss-reactive ketones (excluding diaryl/α,β-unsaturated/α-hetero) is 1. The normalized spacial score (nSPS) is 22.0. The molecular weight excluding hydrogens is 609 g/mol. The van der Waals surface area contributed by atoms with Gasteiger partial charge in [-0.05, 0) is 94.2 Å². The van der Waals surface area contributed by atoms with E-state index in [4.69, 9.17) is 0 Å². The Morgan fingerprint density at radius 1 is 1.20 bits per heavy atom. The molecule has 1 saturated heterocycles. The van der Waals surface area contributed by atoms with E-state index in [1.54, 1.807) is 16.8 Å². The van der Waals surface area contributed by atoms with Crippen LogP contribution in [0.5, 0.6) is 0 Å². The van der Waals surface area contributed by atoms with Gasteiger partial charge in [0.15, 0.2) is 5.78 Å². The number of allylic oxidation sites excluding steroid dienone is 2. The van der Waals surface area contributed by atoms with E-state index < -0.39 is 5.54 Å². The lowest BCUT2D eigenvalue weighted by molar-refractivity contribution is -0.156. The van der Waals surface area contributed by atoms with Gasteiger partial charge in [0.05, 0.1) is 17.8 Å². The van der Waals surface area contributed by atoms with Crippen molar-refractivity contribution in [3.8, 4) is 0 Å². The first-order valence-electron chi connectivity index (χ1n) is 14.9. The second kappa shape index (κ2) is 13.1. The molecule has 44 heavy (non-hydrogen) atoms. The van der Waals surface area contributed by atoms with Crippen molar-refractivity contribution in [1.29, 1.82) is 0 Å². The molecule has 2 amide bonds. The first-order chi connectivity index (χ1) is 20.7. The highest BCUT2D eigenvalue weighted by atomic mass is 32.2. The van der Waals surface area contributed by atoms with Crippen LogP contribution in [0.4, 0.5) is 5.69 Å². The van der Waals surface area contributed by atoms with E-state index in [0.717, 1.165) is 51.3 Å². The second-order valence-corrected chi connectivity index (χ2v) is 16.1. The zero-order chi connectivity index (χ0) is 32.7. The summed E-state index contributed by atoms with van der Waals surface area (Å²) in [4.78, 5) is 43.0. The van der Waals surface area contributed by atoms with Crippen LogP contribution in [0, 0.1) is 6.92 Å². The molecule has 3 heterocycles. The van der Waals surface area contributed by atoms with Gasteiger partial charge in [-0.1, -0.05) is 23.9 Å². The SMILES string of the molecule is C=C(C)CSC1(SC)C(C)=C(C)SC2=C1c1cc(C)c(/C(C)=C\NC)c(CN(C)N3CC(=O)CCC3=O)c1N(C=O)C2(C)C. The number of fused-ring (bicyclic) bond motifs is 2. The molecule has 0 saturated carbocycles. The molecule has 4 rings (SSSR count). The lowest BCUT2D eigenvalue weighted by Crippen LogP contribution is -2.51. The summed E-state index contributed by atoms with van der Waals surface area (Å²) in [6.45, 7) is 19.6. The number of anilines is 1. The molecule has 3 aliphatic heterocycles. The minimum Gasteiger partial charge on any atom is -0.394 e. The highest BCUT2D eigenvalue weighted by Gasteiger charge is 2.52. The molecule has 1 N–H and O–H groups in total. The summed E-state index contributed by atoms with van der Waals surface area (Å²) in [5.41, 5.74) is 9.02. The summed E-state index contributed by atoms with van der Waals surface area (Å²) < 4.78 is -0.382. The molecule has 7 nitrogen and oxygen atoms in total. The molecule has 1 atom stereocenters. The number of nitrogens with one attached hydrogen (secondary N) is 1. The van der Waals surface area contributed by atoms with Crippen molar-refractivity contribution >= 4 is 70.2 Å². The van der Waals surface area contributed by atoms with E-state index in [1.165, 1.54) is 21.0 Å². The van der Waals surface area contributed by atoms with Crippen LogP contribution in [0.2, 0.25) is 0 Å². The van der Waals surface area contributed by atoms with E-state index in [9.17, 15) is 14.4 Å². The van der Waals surface area contributed by atoms with Crippen molar-refractivity contribution in [2.45, 2.75) is 77.5 Å². The lowest BCUT2D eigenvalue weighted by atomic mass is 9.80. The molecule has 0 spiro atoms. The number of ketones is 1. The van der Waals surface area contributed by atoms with Crippen LogP contribution in [0.1, 0.15) is 76.6 Å². The molecule has 0 bridgehead atoms. The number of rotatable bonds is 10. The Labute approximate surface area is 276 Å². The van der Waals surface area contributed by atoms with Gasteiger partial charge in [0.25, 0.3) is 0 Å². The molecule has 3 aliphatic rings. The van der Waals surface area contributed by atoms with Crippen molar-refractivity contribution in [3.63, 3.8) is 0 Å². The van der Waals surface area contributed by atoms with E-state index in [-0.39, 0.29) is 35.2 Å². The Kier molecular flexibility index (Phi) is 10.3. The number of nitrogens with zero attached hydrogens (tertiary/aromatic N) is 3. The number of carbonyl (C=O) groups is 3. The summed E-state index contributed by atoms with van der Waals surface area (Å²) in [6, 6.07) is 2.25. The van der Waals surface area contributed by atoms with Crippen molar-refractivity contribution in [2.75, 3.05) is 37.5 Å². The Morgan fingerprint density at radius 2 is 1.89 bits per heavy atom. The predicted octanol–water partition coefficient (Wildman–Crippen LogP) is 6.99. The predicted molar refractivity (Wildman–Crippen MR) is 190 cm³/mol. The van der Waals surface area contributed by atoms with Crippen LogP contribution in [0.3, 0.4) is 0 Å². The van der Waals surface area contributed by atoms with Crippen molar-refractivity contribution < 1.29 is 14.4 Å². The minimum absolute atomic E-state index is 0.0517. The summed E-state index contributed by atoms with van der Waals surface area (Å²) in [7, 11) is 3.74. The van der Waals surface area contributed by atoms with Crippen LogP contribution in [0.25, 0.3) is 11.1 Å². The molecule has 0 aliphatic carbocycles. The fraction of sp³-hybridized carbons (Fsp3) is 0.500. The third kappa shape index (κ3) is 5.83. The number of amides is 2. The second-order valence-electron chi connectivity index (χ2n) is 12.5. The molecule has 10 heteroatoms. The standard InChI is InChI=1S/C34H46N4O3S3/c1-20(2)18-43-34(42-11)23(5)24(6)44-32-30(34)26-14-21(3)29(22(4)15-35-9)27(31(26)37(19-39)33(32,7)8)17-36(10)38-16-25(40)12-13-28(38)41/h14-15,19,35H,1,12-13,16-18H2,2-11H3/b22-15-. The quantitative estimate of drug-likeness (QED) is 0.165. The number of benzene rings is 1. The maximum Gasteiger partial charge on any atom is 0.237 e. The van der Waals surface area contributed by atoms with Gasteiger partial charge in [0.2, 0.25) is 12.3 Å². The third-order valence-electron chi connectivity index (χ3n) is 8.80. The molecule has 1 unspecified atom stereocenters. The van der Waals surface area contributed by atoms with Crippen molar-refractivity contribution in [3.05, 3.63) is 62.1 Å². The fourth-order valence-electron chi connectivity index (χ4n) is 6.54. The monoisotopic (exact) mass is 654 g/mol. The number of carbonyl (C=O) groups excluding carboxylic acids is 3. The summed E-state index contributed by atoms with van der Waals surface area (Å²) >= 11 is 5.51. The maximum atomic E-state index is 13.2. The van der Waals surface area contributed by atoms with Gasteiger partial charge >= 0.3 is 0 Å². The Bertz CT molecular complexity index is 1510. The van der Waals surface area contributed by atoms with Gasteiger partial charge in [-0.2, -0.15) is 0 Å². The van der Waals surface area contributed by atoms with Crippen LogP contribution in [-0.4, -0.2) is 70.4 Å². The van der Waals surface area contributed by atoms with Gasteiger partial charge in [-0.3, -0.25) is 19.4 Å². The highest BCUT2D eigenvalue weighted by molar-refractivity contribution is 8.19. The number of thioether (sulfide) groups is 3. The molecule has 0 radical (unpaired) electrons. The van der Waals surface area contributed by atoms with Crippen LogP contribution in [-0.2, 0) is 20.9 Å². The Morgan fingerprint density at radius 3 is 2.48 bits per heavy atom. The summed E-state index contributed by atoms with van der Waals surface area (Å²) in [5.74, 6) is 0.797. The zero-order valence-electron chi connectivity index (χ0n) is 27.8. The van der Waals surface area contributed by atoms with E-state index in [1.807, 2.05) is 53.7 Å². The average molecular weight is 655 g/mol. The summed E-state index contributed by atoms with van der Waals surface area (Å²) in [6.07, 6.45) is 5.60. The topological polar surface area (TPSA) is 73.0 Å². The molecule has 1 aromatic carbocycles. The fourth-order valence-corrected chi connectivity index (χ4v) is 10.8. The Hall–Kier alpha value is -2.40. The van der Waals surface area contributed by atoms with Gasteiger partial charge < -0.3 is 10.2 Å². The summed E-state index contributed by atoms with van der Waals surface area (Å²) in [5, 5.41) is 6.59. The van der Waals surface area contributed by atoms with Gasteiger partial charge in [0, 0.05) is 60.8 Å². The number of hydrogen-bond acceptors (Lipinski definition) is 8. The van der Waals surface area contributed by atoms with Gasteiger partial charge in [-0.25, -0.2) is 5.01 Å². The molecule has 1 fully saturated rings. The molecular formula is C34H46N4O3S3. The molecule has 1 aromatic rings. The van der Waals surface area contributed by atoms with Crippen molar-refractivity contribution in [1.82, 2.24) is 15.3 Å². The smallest absolute Gasteiger partial charge is 0.237 e. The Balaban J connectivity index is 2.09. The van der Waals surface area contributed by atoms with E-state index in [2.05, 4.69) is 72.7 Å². The van der Waals surface area contributed by atoms with Crippen molar-refractivity contribution in [2.24, 2.45) is 0 Å². The van der Waals surface area contributed by atoms with Gasteiger partial charge in [0.1, 0.15) is 4.08 Å². The maximum absolute atomic E-state index is 13.2. The minimum atomic E-state index is -0.640. The number of hydrazine groups is 1. The number of piperidine rings is 1. The van der Waals surface area contributed by atoms with Crippen LogP contribution < -0.4 is 10.2 Å². The molecule has 238 valence electrons. The first-order valence-corrected chi connectivity index (χ1v) is 17.9. The van der Waals surface area contributed by atoms with Crippen LogP contribution >= 0.6 is 35.3 Å². The number of hydrogen-bond donors (Lipinski definition) is 1. The first kappa shape index (κ1) is 34.5. The molecule has 0 aromatic heterocycles. The van der Waals surface area contributed by atoms with E-state index in [0.29, 0.717) is 6.54 Å². The average Bonchev–Trinajstić information content (AvgIpc) is 2.95.